The lowest BCUT2D eigenvalue weighted by atomic mass is 10.1. The van der Waals surface area contributed by atoms with Gasteiger partial charge in [-0.3, -0.25) is 4.68 Å². The number of ether oxygens (including phenoxy) is 1. The molecule has 0 aliphatic heterocycles. The molecule has 2 rings (SSSR count). The van der Waals surface area contributed by atoms with Crippen LogP contribution in [0, 0.1) is 0 Å². The molecule has 0 fully saturated rings. The summed E-state index contributed by atoms with van der Waals surface area (Å²) in [4.78, 5) is 11.5. The number of aryl methyl sites for hydroxylation is 1. The van der Waals surface area contributed by atoms with Crippen LogP contribution >= 0.6 is 0 Å². The van der Waals surface area contributed by atoms with E-state index in [4.69, 9.17) is 4.74 Å². The van der Waals surface area contributed by atoms with Crippen molar-refractivity contribution in [3.63, 3.8) is 0 Å². The van der Waals surface area contributed by atoms with E-state index >= 15 is 0 Å². The van der Waals surface area contributed by atoms with Crippen LogP contribution < -0.4 is 0 Å². The zero-order valence-electron chi connectivity index (χ0n) is 9.10. The number of hydrogen-bond donors (Lipinski definition) is 1. The van der Waals surface area contributed by atoms with Gasteiger partial charge < -0.3 is 9.84 Å². The normalized spacial score (nSPS) is 10.6. The summed E-state index contributed by atoms with van der Waals surface area (Å²) in [6.45, 7) is 2.00. The molecule has 5 nitrogen and oxygen atoms in total. The largest absolute Gasteiger partial charge is 0.506 e. The molecule has 0 bridgehead atoms. The van der Waals surface area contributed by atoms with Gasteiger partial charge in [0.1, 0.15) is 11.3 Å². The van der Waals surface area contributed by atoms with Crippen LogP contribution in [0.4, 0.5) is 0 Å². The van der Waals surface area contributed by atoms with Gasteiger partial charge in [0.2, 0.25) is 0 Å². The van der Waals surface area contributed by atoms with Crippen LogP contribution in [-0.4, -0.2) is 27.5 Å². The number of rotatable bonds is 2. The fourth-order valence-corrected chi connectivity index (χ4v) is 1.57. The summed E-state index contributed by atoms with van der Waals surface area (Å²) in [5.41, 5.74) is 0.815. The topological polar surface area (TPSA) is 64.3 Å². The van der Waals surface area contributed by atoms with Crippen LogP contribution in [0.1, 0.15) is 17.3 Å². The van der Waals surface area contributed by atoms with Crippen LogP contribution in [0.25, 0.3) is 10.9 Å². The fraction of sp³-hybridized carbons (Fsp3) is 0.273. The minimum Gasteiger partial charge on any atom is -0.506 e. The summed E-state index contributed by atoms with van der Waals surface area (Å²) in [6, 6.07) is 3.20. The molecule has 0 saturated carbocycles. The number of phenols is 1. The van der Waals surface area contributed by atoms with Crippen molar-refractivity contribution in [2.24, 2.45) is 7.05 Å². The highest BCUT2D eigenvalue weighted by atomic mass is 16.5. The van der Waals surface area contributed by atoms with Gasteiger partial charge >= 0.3 is 5.97 Å². The van der Waals surface area contributed by atoms with Crippen molar-refractivity contribution >= 4 is 16.9 Å². The van der Waals surface area contributed by atoms with Crippen LogP contribution in [0.2, 0.25) is 0 Å². The predicted molar refractivity (Wildman–Crippen MR) is 58.3 cm³/mol. The van der Waals surface area contributed by atoms with E-state index in [2.05, 4.69) is 5.10 Å². The predicted octanol–water partition coefficient (Wildman–Crippen LogP) is 1.46. The second kappa shape index (κ2) is 3.84. The number of esters is 1. The molecule has 0 radical (unpaired) electrons. The highest BCUT2D eigenvalue weighted by molar-refractivity contribution is 5.99. The van der Waals surface area contributed by atoms with Gasteiger partial charge in [0.05, 0.1) is 17.5 Å². The average molecular weight is 220 g/mol. The zero-order chi connectivity index (χ0) is 11.7. The third-order valence-corrected chi connectivity index (χ3v) is 2.27. The van der Waals surface area contributed by atoms with Crippen molar-refractivity contribution in [2.75, 3.05) is 6.61 Å². The molecule has 16 heavy (non-hydrogen) atoms. The molecule has 84 valence electrons. The molecule has 0 amide bonds. The highest BCUT2D eigenvalue weighted by Crippen LogP contribution is 2.28. The average Bonchev–Trinajstić information content (AvgIpc) is 2.60. The molecule has 0 saturated heterocycles. The van der Waals surface area contributed by atoms with Gasteiger partial charge in [-0.2, -0.15) is 5.10 Å². The third kappa shape index (κ3) is 1.60. The van der Waals surface area contributed by atoms with E-state index in [9.17, 15) is 9.90 Å². The van der Waals surface area contributed by atoms with E-state index in [0.29, 0.717) is 10.9 Å². The van der Waals surface area contributed by atoms with Crippen molar-refractivity contribution in [3.8, 4) is 5.75 Å². The summed E-state index contributed by atoms with van der Waals surface area (Å²) >= 11 is 0. The summed E-state index contributed by atoms with van der Waals surface area (Å²) < 4.78 is 6.42. The molecular weight excluding hydrogens is 208 g/mol. The Balaban J connectivity index is 2.55. The SMILES string of the molecule is CCOC(=O)c1ccc2nn(C)cc2c1O. The molecule has 2 aromatic rings. The highest BCUT2D eigenvalue weighted by Gasteiger charge is 2.16. The second-order valence-electron chi connectivity index (χ2n) is 3.42. The lowest BCUT2D eigenvalue weighted by molar-refractivity contribution is 0.0523. The first-order valence-corrected chi connectivity index (χ1v) is 4.96. The van der Waals surface area contributed by atoms with Crippen molar-refractivity contribution in [1.82, 2.24) is 9.78 Å². The molecule has 1 N–H and O–H groups in total. The first kappa shape index (κ1) is 10.5. The zero-order valence-corrected chi connectivity index (χ0v) is 9.10. The molecular formula is C11H12N2O3. The van der Waals surface area contributed by atoms with Crippen LogP contribution in [0.5, 0.6) is 5.75 Å². The van der Waals surface area contributed by atoms with E-state index in [1.807, 2.05) is 0 Å². The maximum absolute atomic E-state index is 11.5. The number of aromatic hydroxyl groups is 1. The standard InChI is InChI=1S/C11H12N2O3/c1-3-16-11(15)7-4-5-9-8(10(7)14)6-13(2)12-9/h4-6,14H,3H2,1-2H3. The van der Waals surface area contributed by atoms with Gasteiger partial charge in [-0.15, -0.1) is 0 Å². The number of aromatic nitrogens is 2. The maximum atomic E-state index is 11.5. The van der Waals surface area contributed by atoms with E-state index in [1.165, 1.54) is 6.07 Å². The van der Waals surface area contributed by atoms with E-state index in [1.54, 1.807) is 30.9 Å². The van der Waals surface area contributed by atoms with Crippen LogP contribution in [-0.2, 0) is 11.8 Å². The minimum atomic E-state index is -0.522. The number of hydrogen-bond acceptors (Lipinski definition) is 4. The number of carbonyl (C=O) groups is 1. The first-order chi connectivity index (χ1) is 7.63. The van der Waals surface area contributed by atoms with Gasteiger partial charge in [0.25, 0.3) is 0 Å². The maximum Gasteiger partial charge on any atom is 0.341 e. The second-order valence-corrected chi connectivity index (χ2v) is 3.42. The summed E-state index contributed by atoms with van der Waals surface area (Å²) in [5, 5.41) is 14.6. The number of phenolic OH excluding ortho intramolecular Hbond substituents is 1. The number of benzene rings is 1. The molecule has 5 heteroatoms. The molecule has 1 aromatic carbocycles. The Kier molecular flexibility index (Phi) is 2.52. The number of carbonyl (C=O) groups excluding carboxylic acids is 1. The molecule has 0 aliphatic rings. The van der Waals surface area contributed by atoms with E-state index in [0.717, 1.165) is 0 Å². The van der Waals surface area contributed by atoms with Crippen molar-refractivity contribution < 1.29 is 14.6 Å². The van der Waals surface area contributed by atoms with Gasteiger partial charge in [0, 0.05) is 13.2 Å². The molecule has 0 unspecified atom stereocenters. The lowest BCUT2D eigenvalue weighted by Gasteiger charge is -2.04. The van der Waals surface area contributed by atoms with Crippen molar-refractivity contribution in [2.45, 2.75) is 6.92 Å². The van der Waals surface area contributed by atoms with E-state index < -0.39 is 5.97 Å². The number of fused-ring (bicyclic) bond motifs is 1. The Hall–Kier alpha value is -2.04. The Morgan fingerprint density at radius 2 is 2.31 bits per heavy atom. The summed E-state index contributed by atoms with van der Waals surface area (Å²) in [5.74, 6) is -0.602. The van der Waals surface area contributed by atoms with Crippen molar-refractivity contribution in [3.05, 3.63) is 23.9 Å². The fourth-order valence-electron chi connectivity index (χ4n) is 1.57. The summed E-state index contributed by atoms with van der Waals surface area (Å²) in [6.07, 6.45) is 1.66. The van der Waals surface area contributed by atoms with Crippen LogP contribution in [0.15, 0.2) is 18.3 Å². The smallest absolute Gasteiger partial charge is 0.341 e. The Bertz CT molecular complexity index is 545. The molecule has 1 heterocycles. The lowest BCUT2D eigenvalue weighted by Crippen LogP contribution is -2.04. The van der Waals surface area contributed by atoms with Crippen LogP contribution in [0.3, 0.4) is 0 Å². The molecule has 0 spiro atoms. The molecule has 0 aliphatic carbocycles. The van der Waals surface area contributed by atoms with Gasteiger partial charge in [-0.05, 0) is 19.1 Å². The first-order valence-electron chi connectivity index (χ1n) is 4.96. The number of nitrogens with zero attached hydrogens (tertiary/aromatic N) is 2. The van der Waals surface area contributed by atoms with Gasteiger partial charge in [-0.25, -0.2) is 4.79 Å². The Morgan fingerprint density at radius 3 is 3.00 bits per heavy atom. The Labute approximate surface area is 92.2 Å². The summed E-state index contributed by atoms with van der Waals surface area (Å²) in [7, 11) is 1.75. The monoisotopic (exact) mass is 220 g/mol. The van der Waals surface area contributed by atoms with E-state index in [-0.39, 0.29) is 17.9 Å². The third-order valence-electron chi connectivity index (χ3n) is 2.27. The molecule has 0 atom stereocenters. The minimum absolute atomic E-state index is 0.0796. The Morgan fingerprint density at radius 1 is 1.56 bits per heavy atom. The van der Waals surface area contributed by atoms with Crippen molar-refractivity contribution in [1.29, 1.82) is 0 Å². The quantitative estimate of drug-likeness (QED) is 0.778. The van der Waals surface area contributed by atoms with Gasteiger partial charge in [-0.1, -0.05) is 0 Å². The molecule has 1 aromatic heterocycles. The van der Waals surface area contributed by atoms with Gasteiger partial charge in [0.15, 0.2) is 0 Å².